The van der Waals surface area contributed by atoms with E-state index in [0.717, 1.165) is 17.7 Å². The number of carbonyl (C=O) groups is 1. The third-order valence-electron chi connectivity index (χ3n) is 3.74. The first-order valence-electron chi connectivity index (χ1n) is 6.83. The molecule has 0 aliphatic heterocycles. The summed E-state index contributed by atoms with van der Waals surface area (Å²) in [5, 5.41) is 13.6. The van der Waals surface area contributed by atoms with E-state index in [1.807, 2.05) is 6.92 Å². The average molecular weight is 309 g/mol. The summed E-state index contributed by atoms with van der Waals surface area (Å²) in [6, 6.07) is 6.18. The lowest BCUT2D eigenvalue weighted by molar-refractivity contribution is -0.384. The van der Waals surface area contributed by atoms with Crippen LogP contribution in [0.3, 0.4) is 0 Å². The molecule has 0 bridgehead atoms. The highest BCUT2D eigenvalue weighted by Crippen LogP contribution is 2.39. The quantitative estimate of drug-likeness (QED) is 0.455. The maximum atomic E-state index is 12.0. The van der Waals surface area contributed by atoms with Crippen LogP contribution in [0.15, 0.2) is 29.2 Å². The van der Waals surface area contributed by atoms with Crippen LogP contribution in [0.5, 0.6) is 0 Å². The molecule has 0 heterocycles. The first-order valence-corrected chi connectivity index (χ1v) is 7.81. The molecule has 0 aromatic heterocycles. The standard InChI is InChI=1S/C14H19N3O3S/c1-14(9-15,10-2-3-10)16-13(18)8-21-12-6-4-11(5-7-12)17(19)20/h4-7,10H,2-3,8-9,15H2,1H3,(H,16,18). The molecule has 1 saturated carbocycles. The summed E-state index contributed by atoms with van der Waals surface area (Å²) in [6.45, 7) is 2.42. The van der Waals surface area contributed by atoms with E-state index in [1.54, 1.807) is 12.1 Å². The highest BCUT2D eigenvalue weighted by molar-refractivity contribution is 8.00. The molecule has 6 nitrogen and oxygen atoms in total. The van der Waals surface area contributed by atoms with Crippen molar-refractivity contribution in [3.63, 3.8) is 0 Å². The normalized spacial score (nSPS) is 17.0. The van der Waals surface area contributed by atoms with Gasteiger partial charge in [0.15, 0.2) is 0 Å². The zero-order valence-electron chi connectivity index (χ0n) is 11.9. The molecule has 114 valence electrons. The topological polar surface area (TPSA) is 98.3 Å². The van der Waals surface area contributed by atoms with E-state index in [-0.39, 0.29) is 22.9 Å². The number of hydrogen-bond donors (Lipinski definition) is 2. The van der Waals surface area contributed by atoms with Gasteiger partial charge in [0.1, 0.15) is 0 Å². The first kappa shape index (κ1) is 15.8. The van der Waals surface area contributed by atoms with E-state index in [4.69, 9.17) is 5.73 Å². The number of amides is 1. The molecule has 21 heavy (non-hydrogen) atoms. The lowest BCUT2D eigenvalue weighted by Gasteiger charge is -2.29. The van der Waals surface area contributed by atoms with E-state index >= 15 is 0 Å². The van der Waals surface area contributed by atoms with Crippen LogP contribution in [0.4, 0.5) is 5.69 Å². The smallest absolute Gasteiger partial charge is 0.269 e. The van der Waals surface area contributed by atoms with Crippen LogP contribution in [-0.4, -0.2) is 28.7 Å². The summed E-state index contributed by atoms with van der Waals surface area (Å²) < 4.78 is 0. The summed E-state index contributed by atoms with van der Waals surface area (Å²) in [5.41, 5.74) is 5.50. The first-order chi connectivity index (χ1) is 9.94. The lowest BCUT2D eigenvalue weighted by Crippen LogP contribution is -2.53. The molecular formula is C14H19N3O3S. The molecule has 2 rings (SSSR count). The van der Waals surface area contributed by atoms with Crippen molar-refractivity contribution < 1.29 is 9.72 Å². The van der Waals surface area contributed by atoms with Gasteiger partial charge >= 0.3 is 0 Å². The Labute approximate surface area is 127 Å². The molecule has 1 aliphatic rings. The maximum absolute atomic E-state index is 12.0. The number of nitro groups is 1. The Hall–Kier alpha value is -1.60. The number of carbonyl (C=O) groups excluding carboxylic acids is 1. The number of nitrogens with one attached hydrogen (secondary N) is 1. The number of benzene rings is 1. The molecule has 1 fully saturated rings. The minimum Gasteiger partial charge on any atom is -0.349 e. The number of nitrogens with zero attached hydrogens (tertiary/aromatic N) is 1. The summed E-state index contributed by atoms with van der Waals surface area (Å²) in [6.07, 6.45) is 2.23. The van der Waals surface area contributed by atoms with Crippen LogP contribution in [-0.2, 0) is 4.79 Å². The van der Waals surface area contributed by atoms with Gasteiger partial charge in [-0.2, -0.15) is 0 Å². The van der Waals surface area contributed by atoms with Gasteiger partial charge in [-0.3, -0.25) is 14.9 Å². The van der Waals surface area contributed by atoms with Crippen LogP contribution in [0.1, 0.15) is 19.8 Å². The minimum atomic E-state index is -0.441. The zero-order valence-corrected chi connectivity index (χ0v) is 12.7. The predicted octanol–water partition coefficient (Wildman–Crippen LogP) is 1.93. The Morgan fingerprint density at radius 3 is 2.57 bits per heavy atom. The third kappa shape index (κ3) is 4.18. The van der Waals surface area contributed by atoms with E-state index in [2.05, 4.69) is 5.32 Å². The second kappa shape index (κ2) is 6.44. The van der Waals surface area contributed by atoms with Crippen molar-refractivity contribution in [1.82, 2.24) is 5.32 Å². The van der Waals surface area contributed by atoms with Gasteiger partial charge in [-0.05, 0) is 37.8 Å². The van der Waals surface area contributed by atoms with Gasteiger partial charge in [0, 0.05) is 23.6 Å². The SMILES string of the molecule is CC(CN)(NC(=O)CSc1ccc([N+](=O)[O-])cc1)C1CC1. The van der Waals surface area contributed by atoms with Crippen molar-refractivity contribution >= 4 is 23.4 Å². The van der Waals surface area contributed by atoms with Crippen molar-refractivity contribution in [1.29, 1.82) is 0 Å². The van der Waals surface area contributed by atoms with E-state index in [9.17, 15) is 14.9 Å². The molecular weight excluding hydrogens is 290 g/mol. The molecule has 1 amide bonds. The summed E-state index contributed by atoms with van der Waals surface area (Å²) in [7, 11) is 0. The van der Waals surface area contributed by atoms with Gasteiger partial charge < -0.3 is 11.1 Å². The van der Waals surface area contributed by atoms with Gasteiger partial charge in [-0.1, -0.05) is 0 Å². The van der Waals surface area contributed by atoms with Crippen molar-refractivity contribution in [2.75, 3.05) is 12.3 Å². The molecule has 0 saturated heterocycles. The summed E-state index contributed by atoms with van der Waals surface area (Å²) in [5.74, 6) is 0.703. The molecule has 1 aromatic rings. The maximum Gasteiger partial charge on any atom is 0.269 e. The molecule has 1 aliphatic carbocycles. The van der Waals surface area contributed by atoms with Gasteiger partial charge in [-0.15, -0.1) is 11.8 Å². The molecule has 0 spiro atoms. The fourth-order valence-electron chi connectivity index (χ4n) is 2.21. The van der Waals surface area contributed by atoms with Gasteiger partial charge in [0.05, 0.1) is 16.2 Å². The number of hydrogen-bond acceptors (Lipinski definition) is 5. The third-order valence-corrected chi connectivity index (χ3v) is 4.76. The molecule has 7 heteroatoms. The van der Waals surface area contributed by atoms with Crippen LogP contribution in [0.2, 0.25) is 0 Å². The monoisotopic (exact) mass is 309 g/mol. The second-order valence-electron chi connectivity index (χ2n) is 5.48. The fourth-order valence-corrected chi connectivity index (χ4v) is 2.91. The Morgan fingerprint density at radius 1 is 1.48 bits per heavy atom. The zero-order chi connectivity index (χ0) is 15.5. The van der Waals surface area contributed by atoms with E-state index < -0.39 is 4.92 Å². The van der Waals surface area contributed by atoms with Crippen molar-refractivity contribution in [3.05, 3.63) is 34.4 Å². The van der Waals surface area contributed by atoms with E-state index in [1.165, 1.54) is 23.9 Å². The Balaban J connectivity index is 1.84. The Bertz CT molecular complexity index is 531. The number of nitro benzene ring substituents is 1. The number of nitrogens with two attached hydrogens (primary N) is 1. The van der Waals surface area contributed by atoms with Gasteiger partial charge in [0.25, 0.3) is 5.69 Å². The summed E-state index contributed by atoms with van der Waals surface area (Å²) >= 11 is 1.36. The van der Waals surface area contributed by atoms with Crippen molar-refractivity contribution in [2.45, 2.75) is 30.2 Å². The largest absolute Gasteiger partial charge is 0.349 e. The Kier molecular flexibility index (Phi) is 4.84. The van der Waals surface area contributed by atoms with Gasteiger partial charge in [0.2, 0.25) is 5.91 Å². The van der Waals surface area contributed by atoms with Crippen molar-refractivity contribution in [2.24, 2.45) is 11.7 Å². The minimum absolute atomic E-state index is 0.0493. The molecule has 1 aromatic carbocycles. The van der Waals surface area contributed by atoms with Crippen LogP contribution >= 0.6 is 11.8 Å². The van der Waals surface area contributed by atoms with E-state index in [0.29, 0.717) is 12.5 Å². The molecule has 1 unspecified atom stereocenters. The van der Waals surface area contributed by atoms with Gasteiger partial charge in [-0.25, -0.2) is 0 Å². The second-order valence-corrected chi connectivity index (χ2v) is 6.53. The average Bonchev–Trinajstić information content (AvgIpc) is 3.30. The number of rotatable bonds is 7. The molecule has 1 atom stereocenters. The van der Waals surface area contributed by atoms with Crippen LogP contribution in [0.25, 0.3) is 0 Å². The lowest BCUT2D eigenvalue weighted by atomic mass is 9.96. The molecule has 0 radical (unpaired) electrons. The Morgan fingerprint density at radius 2 is 2.10 bits per heavy atom. The molecule has 3 N–H and O–H groups in total. The number of thioether (sulfide) groups is 1. The highest BCUT2D eigenvalue weighted by Gasteiger charge is 2.41. The summed E-state index contributed by atoms with van der Waals surface area (Å²) in [4.78, 5) is 23.0. The van der Waals surface area contributed by atoms with Crippen molar-refractivity contribution in [3.8, 4) is 0 Å². The predicted molar refractivity (Wildman–Crippen MR) is 82.1 cm³/mol. The van der Waals surface area contributed by atoms with Crippen LogP contribution < -0.4 is 11.1 Å². The van der Waals surface area contributed by atoms with Crippen LogP contribution in [0, 0.1) is 16.0 Å². The number of non-ortho nitro benzene ring substituents is 1. The highest BCUT2D eigenvalue weighted by atomic mass is 32.2. The fraction of sp³-hybridized carbons (Fsp3) is 0.500.